The number of hydrogen-bond acceptors (Lipinski definition) is 4. The Hall–Kier alpha value is -1.11. The van der Waals surface area contributed by atoms with Gasteiger partial charge in [-0.05, 0) is 19.1 Å². The molecule has 0 aromatic carbocycles. The van der Waals surface area contributed by atoms with Gasteiger partial charge in [-0.3, -0.25) is 9.59 Å². The molecule has 1 heterocycles. The van der Waals surface area contributed by atoms with Crippen LogP contribution in [0.3, 0.4) is 0 Å². The lowest BCUT2D eigenvalue weighted by atomic mass is 10.2. The average Bonchev–Trinajstić information content (AvgIpc) is 2.72. The van der Waals surface area contributed by atoms with Crippen molar-refractivity contribution in [1.82, 2.24) is 5.32 Å². The summed E-state index contributed by atoms with van der Waals surface area (Å²) in [5.41, 5.74) is 0. The molecule has 1 aromatic rings. The highest BCUT2D eigenvalue weighted by Crippen LogP contribution is 2.21. The van der Waals surface area contributed by atoms with E-state index in [1.54, 1.807) is 19.1 Å². The summed E-state index contributed by atoms with van der Waals surface area (Å²) in [5.74, 6) is -1.23. The fraction of sp³-hybridized carbons (Fsp3) is 0.455. The maximum atomic E-state index is 11.7. The fourth-order valence-electron chi connectivity index (χ4n) is 1.35. The van der Waals surface area contributed by atoms with Crippen molar-refractivity contribution in [2.75, 3.05) is 13.2 Å². The predicted octanol–water partition coefficient (Wildman–Crippen LogP) is 2.01. The Kier molecular flexibility index (Phi) is 6.11. The molecule has 5 nitrogen and oxygen atoms in total. The van der Waals surface area contributed by atoms with Gasteiger partial charge < -0.3 is 15.2 Å². The van der Waals surface area contributed by atoms with E-state index in [0.29, 0.717) is 15.8 Å². The SMILES string of the molecule is CCOC(CNC(=O)c1ccc(Cl)s1)CC(=O)O. The molecule has 1 amide bonds. The summed E-state index contributed by atoms with van der Waals surface area (Å²) in [5, 5.41) is 11.3. The first-order valence-corrected chi connectivity index (χ1v) is 6.59. The molecule has 0 aliphatic rings. The molecule has 0 aliphatic carbocycles. The molecule has 0 fully saturated rings. The highest BCUT2D eigenvalue weighted by atomic mass is 35.5. The number of hydrogen-bond donors (Lipinski definition) is 2. The summed E-state index contributed by atoms with van der Waals surface area (Å²) in [7, 11) is 0. The number of carboxylic acid groups (broad SMARTS) is 1. The van der Waals surface area contributed by atoms with Crippen molar-refractivity contribution < 1.29 is 19.4 Å². The van der Waals surface area contributed by atoms with Crippen LogP contribution in [0.4, 0.5) is 0 Å². The van der Waals surface area contributed by atoms with Crippen LogP contribution in [0.1, 0.15) is 23.0 Å². The second-order valence-electron chi connectivity index (χ2n) is 3.49. The summed E-state index contributed by atoms with van der Waals surface area (Å²) < 4.78 is 5.76. The average molecular weight is 292 g/mol. The highest BCUT2D eigenvalue weighted by Gasteiger charge is 2.15. The van der Waals surface area contributed by atoms with Gasteiger partial charge in [0, 0.05) is 13.2 Å². The smallest absolute Gasteiger partial charge is 0.306 e. The van der Waals surface area contributed by atoms with Gasteiger partial charge >= 0.3 is 5.97 Å². The molecule has 0 aliphatic heterocycles. The van der Waals surface area contributed by atoms with Crippen LogP contribution in [0, 0.1) is 0 Å². The standard InChI is InChI=1S/C11H14ClNO4S/c1-2-17-7(5-10(14)15)6-13-11(16)8-3-4-9(12)18-8/h3-4,7H,2,5-6H2,1H3,(H,13,16)(H,14,15). The van der Waals surface area contributed by atoms with E-state index < -0.39 is 12.1 Å². The second-order valence-corrected chi connectivity index (χ2v) is 5.20. The fourth-order valence-corrected chi connectivity index (χ4v) is 2.31. The summed E-state index contributed by atoms with van der Waals surface area (Å²) in [4.78, 5) is 22.8. The third kappa shape index (κ3) is 5.03. The Bertz CT molecular complexity index is 421. The molecule has 100 valence electrons. The normalized spacial score (nSPS) is 12.1. The third-order valence-corrected chi connectivity index (χ3v) is 3.32. The topological polar surface area (TPSA) is 75.6 Å². The number of aliphatic carboxylic acids is 1. The van der Waals surface area contributed by atoms with E-state index in [1.165, 1.54) is 11.3 Å². The zero-order valence-electron chi connectivity index (χ0n) is 9.81. The highest BCUT2D eigenvalue weighted by molar-refractivity contribution is 7.17. The molecule has 0 saturated carbocycles. The minimum Gasteiger partial charge on any atom is -0.481 e. The molecule has 0 saturated heterocycles. The number of rotatable bonds is 7. The first kappa shape index (κ1) is 14.9. The first-order chi connectivity index (χ1) is 8.52. The Morgan fingerprint density at radius 1 is 1.56 bits per heavy atom. The number of carbonyl (C=O) groups is 2. The minimum atomic E-state index is -0.957. The largest absolute Gasteiger partial charge is 0.481 e. The molecule has 1 atom stereocenters. The van der Waals surface area contributed by atoms with Crippen molar-refractivity contribution in [3.8, 4) is 0 Å². The van der Waals surface area contributed by atoms with Crippen LogP contribution in [-0.4, -0.2) is 36.2 Å². The summed E-state index contributed by atoms with van der Waals surface area (Å²) >= 11 is 6.89. The van der Waals surface area contributed by atoms with Gasteiger partial charge in [-0.25, -0.2) is 0 Å². The molecular weight excluding hydrogens is 278 g/mol. The van der Waals surface area contributed by atoms with Crippen molar-refractivity contribution in [3.63, 3.8) is 0 Å². The van der Waals surface area contributed by atoms with Gasteiger partial charge in [-0.1, -0.05) is 11.6 Å². The lowest BCUT2D eigenvalue weighted by Gasteiger charge is -2.15. The second kappa shape index (κ2) is 7.35. The van der Waals surface area contributed by atoms with Gasteiger partial charge in [0.15, 0.2) is 0 Å². The lowest BCUT2D eigenvalue weighted by Crippen LogP contribution is -2.34. The van der Waals surface area contributed by atoms with Gasteiger partial charge in [-0.15, -0.1) is 11.3 Å². The van der Waals surface area contributed by atoms with Gasteiger partial charge in [0.2, 0.25) is 0 Å². The number of nitrogens with one attached hydrogen (secondary N) is 1. The Labute approximate surface area is 114 Å². The maximum absolute atomic E-state index is 11.7. The number of carboxylic acids is 1. The van der Waals surface area contributed by atoms with E-state index >= 15 is 0 Å². The number of carbonyl (C=O) groups excluding carboxylic acids is 1. The van der Waals surface area contributed by atoms with Crippen molar-refractivity contribution in [3.05, 3.63) is 21.3 Å². The van der Waals surface area contributed by atoms with Crippen molar-refractivity contribution in [2.45, 2.75) is 19.4 Å². The van der Waals surface area contributed by atoms with E-state index in [4.69, 9.17) is 21.4 Å². The van der Waals surface area contributed by atoms with Gasteiger partial charge in [-0.2, -0.15) is 0 Å². The monoisotopic (exact) mass is 291 g/mol. The molecule has 2 N–H and O–H groups in total. The molecule has 0 spiro atoms. The van der Waals surface area contributed by atoms with Crippen LogP contribution in [0.2, 0.25) is 4.34 Å². The third-order valence-electron chi connectivity index (χ3n) is 2.09. The van der Waals surface area contributed by atoms with Gasteiger partial charge in [0.25, 0.3) is 5.91 Å². The Morgan fingerprint density at radius 3 is 2.78 bits per heavy atom. The molecule has 1 unspecified atom stereocenters. The maximum Gasteiger partial charge on any atom is 0.306 e. The lowest BCUT2D eigenvalue weighted by molar-refractivity contribution is -0.140. The van der Waals surface area contributed by atoms with Crippen LogP contribution in [0.5, 0.6) is 0 Å². The van der Waals surface area contributed by atoms with Crippen LogP contribution in [0.25, 0.3) is 0 Å². The molecule has 0 radical (unpaired) electrons. The zero-order chi connectivity index (χ0) is 13.5. The van der Waals surface area contributed by atoms with E-state index in [-0.39, 0.29) is 18.9 Å². The summed E-state index contributed by atoms with van der Waals surface area (Å²) in [6, 6.07) is 3.26. The van der Waals surface area contributed by atoms with Crippen LogP contribution < -0.4 is 5.32 Å². The number of halogens is 1. The molecule has 0 bridgehead atoms. The summed E-state index contributed by atoms with van der Waals surface area (Å²) in [6.45, 7) is 2.34. The van der Waals surface area contributed by atoms with Crippen molar-refractivity contribution in [2.24, 2.45) is 0 Å². The number of amides is 1. The van der Waals surface area contributed by atoms with E-state index in [0.717, 1.165) is 0 Å². The molecule has 7 heteroatoms. The first-order valence-electron chi connectivity index (χ1n) is 5.39. The van der Waals surface area contributed by atoms with Crippen LogP contribution in [-0.2, 0) is 9.53 Å². The minimum absolute atomic E-state index is 0.140. The molecular formula is C11H14ClNO4S. The van der Waals surface area contributed by atoms with E-state index in [2.05, 4.69) is 5.32 Å². The van der Waals surface area contributed by atoms with Crippen LogP contribution in [0.15, 0.2) is 12.1 Å². The van der Waals surface area contributed by atoms with E-state index in [1.807, 2.05) is 0 Å². The number of thiophene rings is 1. The number of ether oxygens (including phenoxy) is 1. The molecule has 1 rings (SSSR count). The summed E-state index contributed by atoms with van der Waals surface area (Å²) in [6.07, 6.45) is -0.661. The quantitative estimate of drug-likeness (QED) is 0.806. The molecule has 18 heavy (non-hydrogen) atoms. The Balaban J connectivity index is 2.46. The van der Waals surface area contributed by atoms with Gasteiger partial charge in [0.05, 0.1) is 21.7 Å². The van der Waals surface area contributed by atoms with Crippen LogP contribution >= 0.6 is 22.9 Å². The van der Waals surface area contributed by atoms with E-state index in [9.17, 15) is 9.59 Å². The molecule has 1 aromatic heterocycles. The van der Waals surface area contributed by atoms with Gasteiger partial charge in [0.1, 0.15) is 0 Å². The zero-order valence-corrected chi connectivity index (χ0v) is 11.4. The van der Waals surface area contributed by atoms with Crippen molar-refractivity contribution in [1.29, 1.82) is 0 Å². The van der Waals surface area contributed by atoms with Crippen molar-refractivity contribution >= 4 is 34.8 Å². The predicted molar refractivity (Wildman–Crippen MR) is 69.3 cm³/mol. The Morgan fingerprint density at radius 2 is 2.28 bits per heavy atom.